The van der Waals surface area contributed by atoms with Gasteiger partial charge in [-0.1, -0.05) is 26.0 Å². The molecule has 0 radical (unpaired) electrons. The zero-order valence-electron chi connectivity index (χ0n) is 10.2. The number of carboxylic acid groups (broad SMARTS) is 1. The molecule has 1 aromatic carbocycles. The van der Waals surface area contributed by atoms with Crippen molar-refractivity contribution < 1.29 is 14.3 Å². The van der Waals surface area contributed by atoms with Gasteiger partial charge in [0.25, 0.3) is 0 Å². The third-order valence-electron chi connectivity index (χ3n) is 2.50. The second-order valence-corrected chi connectivity index (χ2v) is 4.45. The highest BCUT2D eigenvalue weighted by Gasteiger charge is 2.14. The molecule has 1 aromatic rings. The molecule has 0 aliphatic carbocycles. The number of nitrogens with zero attached hydrogens (tertiary/aromatic N) is 1. The number of carboxylic acids is 1. The zero-order valence-corrected chi connectivity index (χ0v) is 10.2. The molecule has 0 aliphatic rings. The van der Waals surface area contributed by atoms with E-state index in [0.717, 1.165) is 6.42 Å². The number of benzene rings is 1. The normalized spacial score (nSPS) is 10.6. The molecule has 0 aromatic heterocycles. The summed E-state index contributed by atoms with van der Waals surface area (Å²) in [6.07, 6.45) is 0.835. The van der Waals surface area contributed by atoms with E-state index in [9.17, 15) is 9.18 Å². The fourth-order valence-electron chi connectivity index (χ4n) is 1.57. The standard InChI is InChI=1S/C13H18FNO2/c1-10(2)7-8-15(9-13(16)17)12-6-4-3-5-11(12)14/h3-6,10H,7-9H2,1-2H3,(H,16,17). The summed E-state index contributed by atoms with van der Waals surface area (Å²) in [5.41, 5.74) is 0.357. The number of para-hydroxylation sites is 1. The van der Waals surface area contributed by atoms with Gasteiger partial charge in [-0.05, 0) is 24.5 Å². The summed E-state index contributed by atoms with van der Waals surface area (Å²) < 4.78 is 13.6. The van der Waals surface area contributed by atoms with Crippen molar-refractivity contribution in [3.05, 3.63) is 30.1 Å². The van der Waals surface area contributed by atoms with Gasteiger partial charge < -0.3 is 10.0 Å². The van der Waals surface area contributed by atoms with E-state index in [4.69, 9.17) is 5.11 Å². The first-order valence-electron chi connectivity index (χ1n) is 5.72. The lowest BCUT2D eigenvalue weighted by atomic mass is 10.1. The number of hydrogen-bond acceptors (Lipinski definition) is 2. The lowest BCUT2D eigenvalue weighted by Gasteiger charge is -2.24. The molecule has 0 bridgehead atoms. The van der Waals surface area contributed by atoms with Crippen LogP contribution in [-0.4, -0.2) is 24.2 Å². The Bertz CT molecular complexity index is 379. The second-order valence-electron chi connectivity index (χ2n) is 4.45. The SMILES string of the molecule is CC(C)CCN(CC(=O)O)c1ccccc1F. The average Bonchev–Trinajstić information content (AvgIpc) is 2.24. The van der Waals surface area contributed by atoms with E-state index in [-0.39, 0.29) is 12.4 Å². The predicted octanol–water partition coefficient (Wildman–Crippen LogP) is 2.76. The Morgan fingerprint density at radius 1 is 1.41 bits per heavy atom. The van der Waals surface area contributed by atoms with Crippen LogP contribution in [0.1, 0.15) is 20.3 Å². The monoisotopic (exact) mass is 239 g/mol. The summed E-state index contributed by atoms with van der Waals surface area (Å²) in [6.45, 7) is 4.49. The van der Waals surface area contributed by atoms with Crippen LogP contribution in [0.2, 0.25) is 0 Å². The van der Waals surface area contributed by atoms with Gasteiger partial charge in [0.05, 0.1) is 5.69 Å². The van der Waals surface area contributed by atoms with E-state index in [1.807, 2.05) is 0 Å². The van der Waals surface area contributed by atoms with Crippen molar-refractivity contribution in [2.45, 2.75) is 20.3 Å². The van der Waals surface area contributed by atoms with Crippen molar-refractivity contribution in [1.82, 2.24) is 0 Å². The maximum Gasteiger partial charge on any atom is 0.323 e. The predicted molar refractivity (Wildman–Crippen MR) is 65.7 cm³/mol. The molecule has 1 rings (SSSR count). The lowest BCUT2D eigenvalue weighted by molar-refractivity contribution is -0.135. The number of carbonyl (C=O) groups is 1. The Morgan fingerprint density at radius 2 is 2.06 bits per heavy atom. The molecule has 4 heteroatoms. The van der Waals surface area contributed by atoms with E-state index in [0.29, 0.717) is 18.2 Å². The Morgan fingerprint density at radius 3 is 2.59 bits per heavy atom. The molecular formula is C13H18FNO2. The topological polar surface area (TPSA) is 40.5 Å². The van der Waals surface area contributed by atoms with Gasteiger partial charge in [0.1, 0.15) is 12.4 Å². The Balaban J connectivity index is 2.82. The molecule has 0 unspecified atom stereocenters. The van der Waals surface area contributed by atoms with E-state index >= 15 is 0 Å². The van der Waals surface area contributed by atoms with Crippen LogP contribution in [0.4, 0.5) is 10.1 Å². The van der Waals surface area contributed by atoms with Crippen LogP contribution in [0.3, 0.4) is 0 Å². The summed E-state index contributed by atoms with van der Waals surface area (Å²) >= 11 is 0. The van der Waals surface area contributed by atoms with Gasteiger partial charge in [0.2, 0.25) is 0 Å². The van der Waals surface area contributed by atoms with Crippen LogP contribution >= 0.6 is 0 Å². The fraction of sp³-hybridized carbons (Fsp3) is 0.462. The number of aliphatic carboxylic acids is 1. The summed E-state index contributed by atoms with van der Waals surface area (Å²) in [6, 6.07) is 6.26. The number of hydrogen-bond donors (Lipinski definition) is 1. The Labute approximate surface area is 101 Å². The largest absolute Gasteiger partial charge is 0.480 e. The highest BCUT2D eigenvalue weighted by Crippen LogP contribution is 2.19. The van der Waals surface area contributed by atoms with Crippen molar-refractivity contribution in [2.75, 3.05) is 18.0 Å². The van der Waals surface area contributed by atoms with Gasteiger partial charge >= 0.3 is 5.97 Å². The third kappa shape index (κ3) is 4.43. The lowest BCUT2D eigenvalue weighted by Crippen LogP contribution is -2.32. The van der Waals surface area contributed by atoms with Crippen LogP contribution in [-0.2, 0) is 4.79 Å². The van der Waals surface area contributed by atoms with Crippen molar-refractivity contribution >= 4 is 11.7 Å². The first kappa shape index (κ1) is 13.5. The van der Waals surface area contributed by atoms with Gasteiger partial charge in [0.15, 0.2) is 0 Å². The number of rotatable bonds is 6. The van der Waals surface area contributed by atoms with Crippen LogP contribution in [0.15, 0.2) is 24.3 Å². The van der Waals surface area contributed by atoms with E-state index in [1.165, 1.54) is 6.07 Å². The van der Waals surface area contributed by atoms with E-state index in [2.05, 4.69) is 13.8 Å². The highest BCUT2D eigenvalue weighted by molar-refractivity contribution is 5.73. The molecule has 3 nitrogen and oxygen atoms in total. The summed E-state index contributed by atoms with van der Waals surface area (Å²) in [4.78, 5) is 12.3. The van der Waals surface area contributed by atoms with Crippen molar-refractivity contribution in [3.8, 4) is 0 Å². The first-order valence-corrected chi connectivity index (χ1v) is 5.72. The summed E-state index contributed by atoms with van der Waals surface area (Å²) in [5, 5.41) is 8.84. The number of halogens is 1. The maximum atomic E-state index is 13.6. The minimum absolute atomic E-state index is 0.173. The molecular weight excluding hydrogens is 221 g/mol. The van der Waals surface area contributed by atoms with Crippen LogP contribution in [0.25, 0.3) is 0 Å². The molecule has 0 heterocycles. The fourth-order valence-corrected chi connectivity index (χ4v) is 1.57. The van der Waals surface area contributed by atoms with Gasteiger partial charge in [-0.2, -0.15) is 0 Å². The summed E-state index contributed by atoms with van der Waals surface area (Å²) in [5.74, 6) is -0.868. The Kier molecular flexibility index (Phi) is 4.94. The first-order chi connectivity index (χ1) is 8.00. The van der Waals surface area contributed by atoms with Gasteiger partial charge in [-0.15, -0.1) is 0 Å². The molecule has 1 N–H and O–H groups in total. The molecule has 0 saturated carbocycles. The van der Waals surface area contributed by atoms with E-state index < -0.39 is 5.97 Å². The summed E-state index contributed by atoms with van der Waals surface area (Å²) in [7, 11) is 0. The van der Waals surface area contributed by atoms with Gasteiger partial charge in [-0.3, -0.25) is 4.79 Å². The maximum absolute atomic E-state index is 13.6. The minimum Gasteiger partial charge on any atom is -0.480 e. The molecule has 0 fully saturated rings. The smallest absolute Gasteiger partial charge is 0.323 e. The second kappa shape index (κ2) is 6.23. The molecule has 0 aliphatic heterocycles. The average molecular weight is 239 g/mol. The third-order valence-corrected chi connectivity index (χ3v) is 2.50. The molecule has 0 atom stereocenters. The van der Waals surface area contributed by atoms with Crippen LogP contribution < -0.4 is 4.90 Å². The minimum atomic E-state index is -0.947. The van der Waals surface area contributed by atoms with Crippen LogP contribution in [0, 0.1) is 11.7 Å². The molecule has 0 spiro atoms. The van der Waals surface area contributed by atoms with Gasteiger partial charge in [0, 0.05) is 6.54 Å². The molecule has 0 amide bonds. The Hall–Kier alpha value is -1.58. The van der Waals surface area contributed by atoms with Gasteiger partial charge in [-0.25, -0.2) is 4.39 Å². The highest BCUT2D eigenvalue weighted by atomic mass is 19.1. The van der Waals surface area contributed by atoms with Crippen LogP contribution in [0.5, 0.6) is 0 Å². The number of anilines is 1. The van der Waals surface area contributed by atoms with Crippen molar-refractivity contribution in [2.24, 2.45) is 5.92 Å². The quantitative estimate of drug-likeness (QED) is 0.829. The van der Waals surface area contributed by atoms with Crippen molar-refractivity contribution in [3.63, 3.8) is 0 Å². The van der Waals surface area contributed by atoms with Crippen molar-refractivity contribution in [1.29, 1.82) is 0 Å². The van der Waals surface area contributed by atoms with E-state index in [1.54, 1.807) is 23.1 Å². The zero-order chi connectivity index (χ0) is 12.8. The molecule has 0 saturated heterocycles. The molecule has 17 heavy (non-hydrogen) atoms. The molecule has 94 valence electrons.